The number of urea groups is 1. The molecular formula is C28H34N4O3. The maximum atomic E-state index is 13.7. The lowest BCUT2D eigenvalue weighted by Crippen LogP contribution is -2.56. The second-order valence-electron chi connectivity index (χ2n) is 10.1. The highest BCUT2D eigenvalue weighted by Gasteiger charge is 2.48. The molecule has 3 unspecified atom stereocenters. The number of piperazine rings is 1. The van der Waals surface area contributed by atoms with Gasteiger partial charge in [-0.25, -0.2) is 4.79 Å². The van der Waals surface area contributed by atoms with E-state index in [1.165, 1.54) is 6.42 Å². The maximum Gasteiger partial charge on any atom is 0.321 e. The van der Waals surface area contributed by atoms with Gasteiger partial charge >= 0.3 is 6.03 Å². The number of rotatable bonds is 3. The topological polar surface area (TPSA) is 73.0 Å². The van der Waals surface area contributed by atoms with E-state index in [0.29, 0.717) is 37.7 Å². The van der Waals surface area contributed by atoms with Crippen LogP contribution in [0.2, 0.25) is 0 Å². The zero-order valence-electron chi connectivity index (χ0n) is 20.4. The molecule has 2 aromatic rings. The van der Waals surface area contributed by atoms with Crippen molar-refractivity contribution in [3.63, 3.8) is 0 Å². The predicted octanol–water partition coefficient (Wildman–Crippen LogP) is 4.14. The summed E-state index contributed by atoms with van der Waals surface area (Å²) in [6, 6.07) is 16.6. The summed E-state index contributed by atoms with van der Waals surface area (Å²) in [5, 5.41) is 2.96. The number of nitrogens with one attached hydrogen (secondary N) is 1. The van der Waals surface area contributed by atoms with Crippen LogP contribution in [0.25, 0.3) is 0 Å². The molecule has 1 N–H and O–H groups in total. The highest BCUT2D eigenvalue weighted by Crippen LogP contribution is 2.41. The van der Waals surface area contributed by atoms with Gasteiger partial charge in [0.25, 0.3) is 5.91 Å². The highest BCUT2D eigenvalue weighted by atomic mass is 16.2. The van der Waals surface area contributed by atoms with Crippen molar-refractivity contribution in [1.29, 1.82) is 0 Å². The van der Waals surface area contributed by atoms with E-state index < -0.39 is 6.04 Å². The number of carbonyl (C=O) groups is 3. The van der Waals surface area contributed by atoms with Gasteiger partial charge in [0.15, 0.2) is 0 Å². The van der Waals surface area contributed by atoms with Crippen molar-refractivity contribution >= 4 is 23.5 Å². The average Bonchev–Trinajstić information content (AvgIpc) is 3.28. The van der Waals surface area contributed by atoms with E-state index >= 15 is 0 Å². The number of hydrogen-bond acceptors (Lipinski definition) is 3. The van der Waals surface area contributed by atoms with Gasteiger partial charge in [0.2, 0.25) is 5.91 Å². The van der Waals surface area contributed by atoms with Crippen LogP contribution in [0, 0.1) is 12.8 Å². The molecule has 1 saturated carbocycles. The summed E-state index contributed by atoms with van der Waals surface area (Å²) in [6.07, 6.45) is 5.08. The van der Waals surface area contributed by atoms with Crippen LogP contribution in [0.5, 0.6) is 0 Å². The molecule has 35 heavy (non-hydrogen) atoms. The largest absolute Gasteiger partial charge is 0.337 e. The van der Waals surface area contributed by atoms with Crippen LogP contribution >= 0.6 is 0 Å². The Morgan fingerprint density at radius 1 is 0.857 bits per heavy atom. The lowest BCUT2D eigenvalue weighted by atomic mass is 9.84. The van der Waals surface area contributed by atoms with Crippen LogP contribution in [0.15, 0.2) is 54.6 Å². The molecule has 1 aliphatic carbocycles. The first-order valence-corrected chi connectivity index (χ1v) is 12.8. The van der Waals surface area contributed by atoms with Crippen molar-refractivity contribution in [3.8, 4) is 0 Å². The molecular weight excluding hydrogens is 440 g/mol. The van der Waals surface area contributed by atoms with Gasteiger partial charge in [-0.15, -0.1) is 0 Å². The van der Waals surface area contributed by atoms with Gasteiger partial charge in [-0.3, -0.25) is 9.59 Å². The van der Waals surface area contributed by atoms with Crippen LogP contribution in [0.3, 0.4) is 0 Å². The summed E-state index contributed by atoms with van der Waals surface area (Å²) in [6.45, 7) is 3.93. The van der Waals surface area contributed by atoms with Crippen molar-refractivity contribution < 1.29 is 14.4 Å². The number of fused-ring (bicyclic) bond motifs is 1. The lowest BCUT2D eigenvalue weighted by Gasteiger charge is -2.38. The third kappa shape index (κ3) is 4.90. The van der Waals surface area contributed by atoms with E-state index in [2.05, 4.69) is 5.32 Å². The molecule has 7 nitrogen and oxygen atoms in total. The molecule has 2 heterocycles. The molecule has 2 saturated heterocycles. The molecule has 5 rings (SSSR count). The highest BCUT2D eigenvalue weighted by molar-refractivity contribution is 5.98. The van der Waals surface area contributed by atoms with Crippen molar-refractivity contribution in [1.82, 2.24) is 14.7 Å². The number of hydrogen-bond donors (Lipinski definition) is 1. The smallest absolute Gasteiger partial charge is 0.321 e. The Morgan fingerprint density at radius 3 is 2.31 bits per heavy atom. The number of nitrogens with zero attached hydrogens (tertiary/aromatic N) is 3. The molecule has 0 spiro atoms. The molecule has 184 valence electrons. The average molecular weight is 475 g/mol. The third-order valence-electron chi connectivity index (χ3n) is 7.78. The van der Waals surface area contributed by atoms with Crippen LogP contribution in [-0.2, 0) is 4.79 Å². The quantitative estimate of drug-likeness (QED) is 0.727. The Balaban J connectivity index is 1.25. The van der Waals surface area contributed by atoms with Crippen LogP contribution < -0.4 is 5.32 Å². The van der Waals surface area contributed by atoms with E-state index in [-0.39, 0.29) is 23.9 Å². The van der Waals surface area contributed by atoms with Gasteiger partial charge in [0, 0.05) is 43.5 Å². The molecule has 3 fully saturated rings. The van der Waals surface area contributed by atoms with Crippen molar-refractivity contribution in [2.75, 3.05) is 31.5 Å². The Morgan fingerprint density at radius 2 is 1.57 bits per heavy atom. The zero-order chi connectivity index (χ0) is 24.4. The van der Waals surface area contributed by atoms with Crippen molar-refractivity contribution in [2.24, 2.45) is 5.92 Å². The lowest BCUT2D eigenvalue weighted by molar-refractivity contribution is -0.137. The first-order valence-electron chi connectivity index (χ1n) is 12.8. The minimum absolute atomic E-state index is 0.0300. The molecule has 2 aromatic carbocycles. The van der Waals surface area contributed by atoms with Gasteiger partial charge in [0.05, 0.1) is 0 Å². The standard InChI is InChI=1S/C28H34N4O3/c1-20-8-7-12-23(18-20)29-28(35)31-16-14-30(15-17-31)27(34)25-19-22-11-5-6-13-24(22)32(25)26(33)21-9-3-2-4-10-21/h2-4,7-10,12,18,22,24-25H,5-6,11,13-17,19H2,1H3,(H,29,35). The maximum absolute atomic E-state index is 13.7. The SMILES string of the molecule is Cc1cccc(NC(=O)N2CCN(C(=O)C3CC4CCCCC4N3C(=O)c3ccccc3)CC2)c1. The Kier molecular flexibility index (Phi) is 6.75. The number of benzene rings is 2. The first kappa shape index (κ1) is 23.4. The predicted molar refractivity (Wildman–Crippen MR) is 135 cm³/mol. The Hall–Kier alpha value is -3.35. The fourth-order valence-corrected chi connectivity index (χ4v) is 5.97. The van der Waals surface area contributed by atoms with Gasteiger partial charge in [-0.1, -0.05) is 43.2 Å². The van der Waals surface area contributed by atoms with Gasteiger partial charge < -0.3 is 20.0 Å². The van der Waals surface area contributed by atoms with E-state index in [9.17, 15) is 14.4 Å². The molecule has 0 radical (unpaired) electrons. The fourth-order valence-electron chi connectivity index (χ4n) is 5.97. The summed E-state index contributed by atoms with van der Waals surface area (Å²) in [7, 11) is 0. The second kappa shape index (κ2) is 10.1. The van der Waals surface area contributed by atoms with Gasteiger partial charge in [-0.2, -0.15) is 0 Å². The van der Waals surface area contributed by atoms with E-state index in [1.807, 2.05) is 71.3 Å². The van der Waals surface area contributed by atoms with Gasteiger partial charge in [0.1, 0.15) is 6.04 Å². The van der Waals surface area contributed by atoms with Crippen LogP contribution in [0.4, 0.5) is 10.5 Å². The Bertz CT molecular complexity index is 1080. The number of likely N-dealkylation sites (tertiary alicyclic amines) is 1. The van der Waals surface area contributed by atoms with Crippen molar-refractivity contribution in [3.05, 3.63) is 65.7 Å². The molecule has 4 amide bonds. The zero-order valence-corrected chi connectivity index (χ0v) is 20.4. The normalized spacial score (nSPS) is 24.1. The minimum atomic E-state index is -0.413. The first-order chi connectivity index (χ1) is 17.0. The van der Waals surface area contributed by atoms with E-state index in [4.69, 9.17) is 0 Å². The molecule has 3 aliphatic rings. The molecule has 2 aliphatic heterocycles. The Labute approximate surface area is 207 Å². The molecule has 0 aromatic heterocycles. The van der Waals surface area contributed by atoms with Crippen LogP contribution in [-0.4, -0.2) is 70.8 Å². The molecule has 3 atom stereocenters. The van der Waals surface area contributed by atoms with Gasteiger partial charge in [-0.05, 0) is 61.9 Å². The van der Waals surface area contributed by atoms with E-state index in [1.54, 1.807) is 4.90 Å². The number of anilines is 1. The fraction of sp³-hybridized carbons (Fsp3) is 0.464. The summed E-state index contributed by atoms with van der Waals surface area (Å²) < 4.78 is 0. The van der Waals surface area contributed by atoms with Crippen molar-refractivity contribution in [2.45, 2.75) is 51.1 Å². The number of amides is 4. The molecule has 0 bridgehead atoms. The number of aryl methyl sites for hydroxylation is 1. The summed E-state index contributed by atoms with van der Waals surface area (Å²) in [5.41, 5.74) is 2.51. The summed E-state index contributed by atoms with van der Waals surface area (Å²) in [4.78, 5) is 45.5. The van der Waals surface area contributed by atoms with E-state index in [0.717, 1.165) is 36.9 Å². The molecule has 7 heteroatoms. The third-order valence-corrected chi connectivity index (χ3v) is 7.78. The summed E-state index contributed by atoms with van der Waals surface area (Å²) in [5.74, 6) is 0.392. The second-order valence-corrected chi connectivity index (χ2v) is 10.1. The van der Waals surface area contributed by atoms with Crippen LogP contribution in [0.1, 0.15) is 48.0 Å². The minimum Gasteiger partial charge on any atom is -0.337 e. The monoisotopic (exact) mass is 474 g/mol. The summed E-state index contributed by atoms with van der Waals surface area (Å²) >= 11 is 0. The number of carbonyl (C=O) groups excluding carboxylic acids is 3.